The number of hydrogen-bond acceptors (Lipinski definition) is 7. The molecule has 3 aromatic carbocycles. The average Bonchev–Trinajstić information content (AvgIpc) is 3.22. The van der Waals surface area contributed by atoms with E-state index in [1.54, 1.807) is 23.1 Å². The van der Waals surface area contributed by atoms with E-state index in [2.05, 4.69) is 4.40 Å². The molecule has 0 atom stereocenters. The van der Waals surface area contributed by atoms with Crippen LogP contribution in [0.15, 0.2) is 87.0 Å². The molecule has 0 spiro atoms. The van der Waals surface area contributed by atoms with Crippen molar-refractivity contribution < 1.29 is 26.4 Å². The van der Waals surface area contributed by atoms with E-state index < -0.39 is 26.0 Å². The first-order chi connectivity index (χ1) is 18.7. The van der Waals surface area contributed by atoms with Gasteiger partial charge in [-0.3, -0.25) is 0 Å². The van der Waals surface area contributed by atoms with Gasteiger partial charge in [0.15, 0.2) is 5.84 Å². The van der Waals surface area contributed by atoms with Crippen LogP contribution in [0.2, 0.25) is 0 Å². The van der Waals surface area contributed by atoms with E-state index in [1.807, 2.05) is 31.2 Å². The Labute approximate surface area is 228 Å². The number of anilines is 1. The predicted molar refractivity (Wildman–Crippen MR) is 148 cm³/mol. The maximum Gasteiger partial charge on any atom is 0.338 e. The SMILES string of the molecule is Cc1ccc(N(CCOC(=O)c2ccc(S(=O)(=O)N3CCCCC3)cc2)C2=NS(=O)(=O)c3ccccc32)cc1. The van der Waals surface area contributed by atoms with Crippen molar-refractivity contribution in [2.45, 2.75) is 36.0 Å². The second-order valence-corrected chi connectivity index (χ2v) is 13.0. The van der Waals surface area contributed by atoms with Gasteiger partial charge in [-0.05, 0) is 68.3 Å². The number of carbonyl (C=O) groups excluding carboxylic acids is 1. The summed E-state index contributed by atoms with van der Waals surface area (Å²) < 4.78 is 62.1. The molecule has 2 heterocycles. The fraction of sp³-hybridized carbons (Fsp3) is 0.286. The Morgan fingerprint density at radius 2 is 1.62 bits per heavy atom. The van der Waals surface area contributed by atoms with E-state index in [0.717, 1.165) is 24.8 Å². The monoisotopic (exact) mass is 567 g/mol. The normalized spacial score (nSPS) is 16.8. The number of carbonyl (C=O) groups is 1. The Balaban J connectivity index is 1.31. The second kappa shape index (κ2) is 10.9. The minimum absolute atomic E-state index is 0.0538. The lowest BCUT2D eigenvalue weighted by atomic mass is 10.1. The van der Waals surface area contributed by atoms with Crippen LogP contribution in [0.25, 0.3) is 0 Å². The van der Waals surface area contributed by atoms with Gasteiger partial charge in [0, 0.05) is 24.3 Å². The zero-order valence-electron chi connectivity index (χ0n) is 21.5. The predicted octanol–water partition coefficient (Wildman–Crippen LogP) is 3.98. The smallest absolute Gasteiger partial charge is 0.338 e. The largest absolute Gasteiger partial charge is 0.460 e. The van der Waals surface area contributed by atoms with E-state index in [4.69, 9.17) is 4.74 Å². The van der Waals surface area contributed by atoms with Gasteiger partial charge >= 0.3 is 5.97 Å². The molecule has 2 aliphatic rings. The molecule has 0 radical (unpaired) electrons. The van der Waals surface area contributed by atoms with Crippen LogP contribution in [0.5, 0.6) is 0 Å². The highest BCUT2D eigenvalue weighted by Crippen LogP contribution is 2.30. The van der Waals surface area contributed by atoms with Gasteiger partial charge in [0.05, 0.1) is 17.0 Å². The molecule has 0 unspecified atom stereocenters. The highest BCUT2D eigenvalue weighted by molar-refractivity contribution is 7.90. The fourth-order valence-corrected chi connectivity index (χ4v) is 7.42. The van der Waals surface area contributed by atoms with Crippen molar-refractivity contribution in [1.82, 2.24) is 4.31 Å². The molecule has 0 aliphatic carbocycles. The molecule has 0 bridgehead atoms. The van der Waals surface area contributed by atoms with Crippen molar-refractivity contribution in [3.05, 3.63) is 89.5 Å². The van der Waals surface area contributed by atoms with Crippen molar-refractivity contribution >= 4 is 37.5 Å². The summed E-state index contributed by atoms with van der Waals surface area (Å²) >= 11 is 0. The molecule has 39 heavy (non-hydrogen) atoms. The van der Waals surface area contributed by atoms with Gasteiger partial charge in [-0.25, -0.2) is 13.2 Å². The summed E-state index contributed by atoms with van der Waals surface area (Å²) in [6.07, 6.45) is 2.70. The van der Waals surface area contributed by atoms with Crippen molar-refractivity contribution in [3.8, 4) is 0 Å². The van der Waals surface area contributed by atoms with Crippen molar-refractivity contribution in [2.24, 2.45) is 4.40 Å². The van der Waals surface area contributed by atoms with Gasteiger partial charge in [0.25, 0.3) is 10.0 Å². The highest BCUT2D eigenvalue weighted by atomic mass is 32.2. The van der Waals surface area contributed by atoms with Crippen LogP contribution in [-0.2, 0) is 24.8 Å². The number of rotatable bonds is 7. The molecule has 204 valence electrons. The van der Waals surface area contributed by atoms with Crippen LogP contribution < -0.4 is 4.90 Å². The van der Waals surface area contributed by atoms with Crippen molar-refractivity contribution in [3.63, 3.8) is 0 Å². The number of nitrogens with zero attached hydrogens (tertiary/aromatic N) is 3. The van der Waals surface area contributed by atoms with Crippen molar-refractivity contribution in [2.75, 3.05) is 31.1 Å². The quantitative estimate of drug-likeness (QED) is 0.397. The minimum Gasteiger partial charge on any atom is -0.460 e. The van der Waals surface area contributed by atoms with Gasteiger partial charge < -0.3 is 9.64 Å². The molecule has 0 saturated carbocycles. The Bertz CT molecular complexity index is 1610. The van der Waals surface area contributed by atoms with Crippen LogP contribution >= 0.6 is 0 Å². The number of sulfonamides is 2. The van der Waals surface area contributed by atoms with Gasteiger partial charge in [0.2, 0.25) is 10.0 Å². The first kappa shape index (κ1) is 27.0. The molecule has 9 nitrogen and oxygen atoms in total. The summed E-state index contributed by atoms with van der Waals surface area (Å²) in [5.74, 6) is -0.347. The zero-order valence-corrected chi connectivity index (χ0v) is 23.1. The molecule has 0 amide bonds. The van der Waals surface area contributed by atoms with Gasteiger partial charge in [0.1, 0.15) is 11.5 Å². The van der Waals surface area contributed by atoms with Gasteiger partial charge in [-0.2, -0.15) is 12.7 Å². The van der Waals surface area contributed by atoms with Gasteiger partial charge in [-0.15, -0.1) is 4.40 Å². The Kier molecular flexibility index (Phi) is 7.57. The molecule has 11 heteroatoms. The lowest BCUT2D eigenvalue weighted by Crippen LogP contribution is -2.35. The minimum atomic E-state index is -3.84. The standard InChI is InChI=1S/C28H29N3O6S2/c1-21-9-13-23(14-10-21)31(27-25-7-3-4-8-26(25)38(33,34)29-27)19-20-37-28(32)22-11-15-24(16-12-22)39(35,36)30-17-5-2-6-18-30/h3-4,7-16H,2,5-6,17-20H2,1H3. The average molecular weight is 568 g/mol. The summed E-state index contributed by atoms with van der Waals surface area (Å²) in [5.41, 5.74) is 2.45. The van der Waals surface area contributed by atoms with Crippen LogP contribution in [0, 0.1) is 6.92 Å². The van der Waals surface area contributed by atoms with Crippen molar-refractivity contribution in [1.29, 1.82) is 0 Å². The summed E-state index contributed by atoms with van der Waals surface area (Å²) in [7, 11) is -7.44. The third-order valence-electron chi connectivity index (χ3n) is 6.80. The molecule has 1 saturated heterocycles. The maximum atomic E-state index is 12.9. The van der Waals surface area contributed by atoms with E-state index >= 15 is 0 Å². The first-order valence-corrected chi connectivity index (χ1v) is 15.6. The van der Waals surface area contributed by atoms with Crippen LogP contribution in [0.4, 0.5) is 5.69 Å². The van der Waals surface area contributed by atoms with E-state index in [0.29, 0.717) is 24.3 Å². The molecule has 1 fully saturated rings. The highest BCUT2D eigenvalue weighted by Gasteiger charge is 2.32. The molecular formula is C28H29N3O6S2. The molecule has 2 aliphatic heterocycles. The van der Waals surface area contributed by atoms with Crippen LogP contribution in [-0.4, -0.2) is 59.2 Å². The lowest BCUT2D eigenvalue weighted by Gasteiger charge is -2.26. The number of fused-ring (bicyclic) bond motifs is 1. The maximum absolute atomic E-state index is 12.9. The summed E-state index contributed by atoms with van der Waals surface area (Å²) in [4.78, 5) is 14.8. The molecule has 0 aromatic heterocycles. The van der Waals surface area contributed by atoms with Crippen LogP contribution in [0.3, 0.4) is 0 Å². The molecule has 3 aromatic rings. The first-order valence-electron chi connectivity index (χ1n) is 12.7. The Morgan fingerprint density at radius 3 is 2.31 bits per heavy atom. The zero-order chi connectivity index (χ0) is 27.6. The van der Waals surface area contributed by atoms with Gasteiger partial charge in [-0.1, -0.05) is 36.2 Å². The number of aryl methyl sites for hydroxylation is 1. The molecule has 0 N–H and O–H groups in total. The number of hydrogen-bond donors (Lipinski definition) is 0. The lowest BCUT2D eigenvalue weighted by molar-refractivity contribution is 0.0517. The number of ether oxygens (including phenoxy) is 1. The summed E-state index contributed by atoms with van der Waals surface area (Å²) in [6.45, 7) is 3.05. The number of piperidine rings is 1. The number of benzene rings is 3. The Morgan fingerprint density at radius 1 is 0.949 bits per heavy atom. The van der Waals surface area contributed by atoms with E-state index in [-0.39, 0.29) is 34.3 Å². The second-order valence-electron chi connectivity index (χ2n) is 9.50. The molecule has 5 rings (SSSR count). The summed E-state index contributed by atoms with van der Waals surface area (Å²) in [6, 6.07) is 19.9. The third-order valence-corrected chi connectivity index (χ3v) is 10.0. The summed E-state index contributed by atoms with van der Waals surface area (Å²) in [5, 5.41) is 0. The van der Waals surface area contributed by atoms with Crippen LogP contribution in [0.1, 0.15) is 40.7 Å². The van der Waals surface area contributed by atoms with E-state index in [1.165, 1.54) is 34.6 Å². The topological polar surface area (TPSA) is 113 Å². The van der Waals surface area contributed by atoms with E-state index in [9.17, 15) is 21.6 Å². The third kappa shape index (κ3) is 5.61. The molecular weight excluding hydrogens is 538 g/mol. The number of amidine groups is 1. The number of esters is 1. The fourth-order valence-electron chi connectivity index (χ4n) is 4.70. The Hall–Kier alpha value is -3.54.